The molecule has 4 heterocycles. The predicted molar refractivity (Wildman–Crippen MR) is 279 cm³/mol. The van der Waals surface area contributed by atoms with Crippen LogP contribution in [-0.2, 0) is 27.1 Å². The first kappa shape index (κ1) is 55.8. The molecular formula is C54H63F4N9O7S. The molecule has 5 aromatic rings. The van der Waals surface area contributed by atoms with Crippen LogP contribution in [0.2, 0.25) is 0 Å². The Morgan fingerprint density at radius 2 is 1.59 bits per heavy atom. The summed E-state index contributed by atoms with van der Waals surface area (Å²) in [5.74, 6) is -3.85. The van der Waals surface area contributed by atoms with Gasteiger partial charge in [0, 0.05) is 81.0 Å². The van der Waals surface area contributed by atoms with Gasteiger partial charge in [0.1, 0.15) is 17.9 Å². The van der Waals surface area contributed by atoms with E-state index in [1.54, 1.807) is 49.8 Å². The van der Waals surface area contributed by atoms with Gasteiger partial charge in [-0.2, -0.15) is 13.2 Å². The molecule has 400 valence electrons. The molecule has 0 aliphatic carbocycles. The fourth-order valence-electron chi connectivity index (χ4n) is 9.38. The maximum atomic E-state index is 15.9. The molecule has 7 rings (SSSR count). The van der Waals surface area contributed by atoms with Crippen LogP contribution in [0.1, 0.15) is 97.8 Å². The summed E-state index contributed by atoms with van der Waals surface area (Å²) in [6, 6.07) is 14.8. The maximum Gasteiger partial charge on any atom is 0.417 e. The smallest absolute Gasteiger partial charge is 0.391 e. The number of aliphatic hydroxyl groups is 1. The second kappa shape index (κ2) is 23.3. The van der Waals surface area contributed by atoms with Crippen molar-refractivity contribution < 1.29 is 46.6 Å². The molecule has 2 saturated heterocycles. The van der Waals surface area contributed by atoms with Gasteiger partial charge >= 0.3 is 6.18 Å². The first-order valence-corrected chi connectivity index (χ1v) is 25.6. The van der Waals surface area contributed by atoms with Gasteiger partial charge in [-0.3, -0.25) is 33.7 Å². The van der Waals surface area contributed by atoms with Crippen LogP contribution < -0.4 is 31.7 Å². The number of carbonyl (C=O) groups is 5. The standard InChI is InChI=1S/C54H63F4N9O7S/c1-30-26-66(27-31(2)65(30)7)43-18-16-35(21-42(43)63-50(72)39-25-60-46(70)23-40(39)54(56,57)58)38-17-15-36(20-41(38)55)49(71)59-19-9-8-10-45(69)64-48(53(4,5)6)52(74)67-28-37(68)22-44(67)51(73)61-24-33-11-13-34(14-12-33)47-32(3)62-29-75-47/h11-18,20-21,23,25,29-31,37,44,48,68H,8-10,19,22,24,26-28H2,1-7H3,(H,59,71)(H,60,70)(H,61,73)(H,63,72)(H,64,69)/t30-,31+,37-,44+,48-/m1/s1. The number of rotatable bonds is 16. The molecular weight excluding hydrogens is 995 g/mol. The summed E-state index contributed by atoms with van der Waals surface area (Å²) in [7, 11) is 1.98. The molecule has 6 N–H and O–H groups in total. The quantitative estimate of drug-likeness (QED) is 0.0436. The molecule has 5 amide bonds. The number of likely N-dealkylation sites (N-methyl/N-ethyl adjacent to an activating group) is 1. The Labute approximate surface area is 436 Å². The largest absolute Gasteiger partial charge is 0.417 e. The molecule has 0 saturated carbocycles. The van der Waals surface area contributed by atoms with Crippen molar-refractivity contribution in [1.29, 1.82) is 0 Å². The number of anilines is 2. The fraction of sp³-hybridized carbons (Fsp3) is 0.426. The van der Waals surface area contributed by atoms with Crippen molar-refractivity contribution in [2.24, 2.45) is 5.41 Å². The van der Waals surface area contributed by atoms with Crippen LogP contribution in [0.5, 0.6) is 0 Å². The number of H-pyrrole nitrogens is 1. The third-order valence-corrected chi connectivity index (χ3v) is 14.8. The van der Waals surface area contributed by atoms with E-state index in [1.807, 2.05) is 57.0 Å². The number of piperazine rings is 1. The molecule has 5 atom stereocenters. The highest BCUT2D eigenvalue weighted by atomic mass is 32.1. The summed E-state index contributed by atoms with van der Waals surface area (Å²) in [5.41, 5.74) is 1.47. The molecule has 2 aliphatic heterocycles. The zero-order valence-electron chi connectivity index (χ0n) is 42.9. The number of likely N-dealkylation sites (tertiary alicyclic amines) is 1. The van der Waals surface area contributed by atoms with Crippen LogP contribution in [0.4, 0.5) is 28.9 Å². The Morgan fingerprint density at radius 1 is 0.893 bits per heavy atom. The molecule has 2 aliphatic rings. The lowest BCUT2D eigenvalue weighted by Gasteiger charge is -2.44. The molecule has 2 aromatic heterocycles. The number of aryl methyl sites for hydroxylation is 1. The van der Waals surface area contributed by atoms with Gasteiger partial charge in [0.25, 0.3) is 11.8 Å². The van der Waals surface area contributed by atoms with Crippen molar-refractivity contribution in [1.82, 2.24) is 35.7 Å². The zero-order chi connectivity index (χ0) is 54.5. The van der Waals surface area contributed by atoms with E-state index < -0.39 is 81.8 Å². The average molecular weight is 1060 g/mol. The van der Waals surface area contributed by atoms with E-state index in [0.29, 0.717) is 43.9 Å². The monoisotopic (exact) mass is 1060 g/mol. The summed E-state index contributed by atoms with van der Waals surface area (Å²) in [5, 5.41) is 21.7. The highest BCUT2D eigenvalue weighted by Gasteiger charge is 2.44. The van der Waals surface area contributed by atoms with E-state index in [9.17, 15) is 47.0 Å². The normalized spacial score (nSPS) is 18.6. The first-order valence-electron chi connectivity index (χ1n) is 24.7. The number of amides is 5. The number of β-amino-alcohol motifs (C(OH)–C–C–N with tert-alkyl or cyclic N) is 1. The van der Waals surface area contributed by atoms with E-state index in [4.69, 9.17) is 0 Å². The minimum atomic E-state index is -5.01. The van der Waals surface area contributed by atoms with Crippen molar-refractivity contribution in [2.45, 2.75) is 110 Å². The zero-order valence-corrected chi connectivity index (χ0v) is 43.7. The number of nitrogens with one attached hydrogen (secondary N) is 5. The number of halogens is 4. The summed E-state index contributed by atoms with van der Waals surface area (Å²) in [6.07, 6.45) is -4.50. The summed E-state index contributed by atoms with van der Waals surface area (Å²) < 4.78 is 57.8. The van der Waals surface area contributed by atoms with Gasteiger partial charge in [-0.15, -0.1) is 11.3 Å². The van der Waals surface area contributed by atoms with E-state index in [-0.39, 0.29) is 66.9 Å². The Kier molecular flexibility index (Phi) is 17.3. The van der Waals surface area contributed by atoms with E-state index in [1.165, 1.54) is 23.1 Å². The number of nitrogens with zero attached hydrogens (tertiary/aromatic N) is 4. The molecule has 75 heavy (non-hydrogen) atoms. The number of aliphatic hydroxyl groups excluding tert-OH is 1. The third kappa shape index (κ3) is 13.5. The molecule has 0 spiro atoms. The van der Waals surface area contributed by atoms with Gasteiger partial charge in [0.2, 0.25) is 23.3 Å². The number of alkyl halides is 3. The van der Waals surface area contributed by atoms with E-state index in [2.05, 4.69) is 36.1 Å². The molecule has 16 nitrogen and oxygen atoms in total. The highest BCUT2D eigenvalue weighted by Crippen LogP contribution is 2.37. The van der Waals surface area contributed by atoms with Crippen LogP contribution in [0.25, 0.3) is 21.6 Å². The number of pyridine rings is 1. The Bertz CT molecular complexity index is 2960. The van der Waals surface area contributed by atoms with Gasteiger partial charge in [-0.1, -0.05) is 57.2 Å². The Morgan fingerprint density at radius 3 is 2.23 bits per heavy atom. The molecule has 21 heteroatoms. The molecule has 3 aromatic carbocycles. The molecule has 0 bridgehead atoms. The summed E-state index contributed by atoms with van der Waals surface area (Å²) in [6.45, 7) is 12.6. The lowest BCUT2D eigenvalue weighted by molar-refractivity contribution is -0.144. The number of carbonyl (C=O) groups excluding carboxylic acids is 5. The van der Waals surface area contributed by atoms with E-state index in [0.717, 1.165) is 27.8 Å². The van der Waals surface area contributed by atoms with Crippen molar-refractivity contribution in [2.75, 3.05) is 43.4 Å². The minimum absolute atomic E-state index is 0.000592. The molecule has 0 radical (unpaired) electrons. The van der Waals surface area contributed by atoms with E-state index >= 15 is 4.39 Å². The van der Waals surface area contributed by atoms with Gasteiger partial charge < -0.3 is 41.2 Å². The molecule has 2 fully saturated rings. The van der Waals surface area contributed by atoms with Crippen molar-refractivity contribution >= 4 is 52.2 Å². The van der Waals surface area contributed by atoms with Crippen LogP contribution >= 0.6 is 11.3 Å². The van der Waals surface area contributed by atoms with Gasteiger partial charge in [-0.25, -0.2) is 9.37 Å². The van der Waals surface area contributed by atoms with Crippen molar-refractivity contribution in [3.8, 4) is 21.6 Å². The number of thiazole rings is 1. The number of benzene rings is 3. The Hall–Kier alpha value is -6.97. The second-order valence-corrected chi connectivity index (χ2v) is 21.3. The lowest BCUT2D eigenvalue weighted by atomic mass is 9.85. The molecule has 0 unspecified atom stereocenters. The third-order valence-electron chi connectivity index (χ3n) is 13.8. The SMILES string of the molecule is Cc1ncsc1-c1ccc(CNC(=O)[C@@H]2C[C@@H](O)CN2C(=O)[C@@H](NC(=O)CCCCNC(=O)c2ccc(-c3ccc(N4C[C@@H](C)N(C)[C@@H](C)C4)c(NC(=O)c4c[nH]c(=O)cc4C(F)(F)F)c3)c(F)c2)C(C)(C)C)cc1. The number of unbranched alkanes of at least 4 members (excludes halogenated alkanes) is 1. The van der Waals surface area contributed by atoms with Crippen molar-refractivity contribution in [3.05, 3.63) is 123 Å². The number of aromatic amines is 1. The highest BCUT2D eigenvalue weighted by molar-refractivity contribution is 7.13. The van der Waals surface area contributed by atoms with Crippen LogP contribution in [0, 0.1) is 18.2 Å². The fourth-order valence-corrected chi connectivity index (χ4v) is 10.2. The number of hydrogen-bond donors (Lipinski definition) is 6. The first-order chi connectivity index (χ1) is 35.4. The van der Waals surface area contributed by atoms with Crippen LogP contribution in [0.15, 0.2) is 83.2 Å². The second-order valence-electron chi connectivity index (χ2n) is 20.4. The topological polar surface area (TPSA) is 209 Å². The maximum absolute atomic E-state index is 15.9. The number of hydrogen-bond acceptors (Lipinski definition) is 11. The predicted octanol–water partition coefficient (Wildman–Crippen LogP) is 7.12. The summed E-state index contributed by atoms with van der Waals surface area (Å²) in [4.78, 5) is 92.4. The Balaban J connectivity index is 0.936. The lowest BCUT2D eigenvalue weighted by Crippen LogP contribution is -2.57. The van der Waals surface area contributed by atoms with Gasteiger partial charge in [0.15, 0.2) is 0 Å². The van der Waals surface area contributed by atoms with Crippen molar-refractivity contribution in [3.63, 3.8) is 0 Å². The summed E-state index contributed by atoms with van der Waals surface area (Å²) >= 11 is 1.54. The van der Waals surface area contributed by atoms with Gasteiger partial charge in [0.05, 0.1) is 44.7 Å². The van der Waals surface area contributed by atoms with Crippen LogP contribution in [-0.4, -0.2) is 118 Å². The number of aromatic nitrogens is 2. The minimum Gasteiger partial charge on any atom is -0.391 e. The van der Waals surface area contributed by atoms with Gasteiger partial charge in [-0.05, 0) is 87.0 Å². The van der Waals surface area contributed by atoms with Crippen LogP contribution in [0.3, 0.4) is 0 Å². The average Bonchev–Trinajstić information content (AvgIpc) is 3.98.